The topological polar surface area (TPSA) is 85.3 Å². The Morgan fingerprint density at radius 3 is 2.38 bits per heavy atom. The summed E-state index contributed by atoms with van der Waals surface area (Å²) < 4.78 is 7.29. The fourth-order valence-electron chi connectivity index (χ4n) is 2.88. The van der Waals surface area contributed by atoms with Crippen molar-refractivity contribution in [2.24, 2.45) is 0 Å². The predicted octanol–water partition coefficient (Wildman–Crippen LogP) is 2.70. The smallest absolute Gasteiger partial charge is 0.279 e. The third kappa shape index (κ3) is 4.82. The minimum Gasteiger partial charge on any atom is -0.481 e. The van der Waals surface area contributed by atoms with Crippen molar-refractivity contribution in [2.75, 3.05) is 0 Å². The van der Waals surface area contributed by atoms with E-state index in [1.54, 1.807) is 25.4 Å². The van der Waals surface area contributed by atoms with Crippen molar-refractivity contribution in [2.45, 2.75) is 32.9 Å². The zero-order chi connectivity index (χ0) is 20.8. The normalized spacial score (nSPS) is 12.7. The first-order valence-corrected chi connectivity index (χ1v) is 9.34. The molecule has 0 fully saturated rings. The maximum Gasteiger partial charge on any atom is 0.279 e. The molecule has 0 saturated heterocycles. The van der Waals surface area contributed by atoms with E-state index in [-0.39, 0.29) is 0 Å². The predicted molar refractivity (Wildman–Crippen MR) is 109 cm³/mol. The Hall–Kier alpha value is -3.61. The first-order chi connectivity index (χ1) is 14.0. The van der Waals surface area contributed by atoms with E-state index in [1.807, 2.05) is 62.4 Å². The third-order valence-corrected chi connectivity index (χ3v) is 4.69. The number of nitrogens with zero attached hydrogens (tertiary/aromatic N) is 2. The van der Waals surface area contributed by atoms with E-state index in [0.29, 0.717) is 5.75 Å². The highest BCUT2D eigenvalue weighted by Crippen LogP contribution is 2.22. The molecule has 0 bridgehead atoms. The lowest BCUT2D eigenvalue weighted by Crippen LogP contribution is -2.49. The molecule has 0 aliphatic carbocycles. The van der Waals surface area contributed by atoms with Crippen molar-refractivity contribution >= 4 is 11.8 Å². The Balaban J connectivity index is 1.65. The molecule has 1 aromatic heterocycles. The Morgan fingerprint density at radius 1 is 0.966 bits per heavy atom. The number of hydrazine groups is 1. The van der Waals surface area contributed by atoms with Gasteiger partial charge >= 0.3 is 0 Å². The van der Waals surface area contributed by atoms with E-state index in [9.17, 15) is 9.59 Å². The van der Waals surface area contributed by atoms with Crippen molar-refractivity contribution in [1.29, 1.82) is 0 Å². The van der Waals surface area contributed by atoms with Crippen LogP contribution in [0.15, 0.2) is 67.0 Å². The molecule has 0 aliphatic rings. The highest BCUT2D eigenvalue weighted by atomic mass is 16.5. The molecule has 2 N–H and O–H groups in total. The molecule has 3 aromatic rings. The van der Waals surface area contributed by atoms with Crippen molar-refractivity contribution in [3.8, 4) is 5.75 Å². The first-order valence-electron chi connectivity index (χ1n) is 9.34. The number of benzene rings is 2. The van der Waals surface area contributed by atoms with Gasteiger partial charge in [-0.3, -0.25) is 25.1 Å². The summed E-state index contributed by atoms with van der Waals surface area (Å²) in [6.45, 7) is 5.54. The molecule has 7 heteroatoms. The van der Waals surface area contributed by atoms with Crippen molar-refractivity contribution in [1.82, 2.24) is 20.6 Å². The number of ether oxygens (including phenoxy) is 1. The maximum atomic E-state index is 12.8. The van der Waals surface area contributed by atoms with Gasteiger partial charge < -0.3 is 4.74 Å². The number of nitrogens with one attached hydrogen (secondary N) is 2. The molecule has 3 rings (SSSR count). The highest BCUT2D eigenvalue weighted by molar-refractivity contribution is 5.87. The molecule has 150 valence electrons. The molecule has 1 heterocycles. The van der Waals surface area contributed by atoms with Crippen molar-refractivity contribution in [3.05, 3.63) is 83.7 Å². The molecule has 0 spiro atoms. The van der Waals surface area contributed by atoms with Crippen LogP contribution >= 0.6 is 0 Å². The number of carbonyl (C=O) groups is 2. The summed E-state index contributed by atoms with van der Waals surface area (Å²) in [6, 6.07) is 15.9. The summed E-state index contributed by atoms with van der Waals surface area (Å²) >= 11 is 0. The molecule has 29 heavy (non-hydrogen) atoms. The van der Waals surface area contributed by atoms with Crippen molar-refractivity contribution < 1.29 is 14.3 Å². The Kier molecular flexibility index (Phi) is 6.29. The van der Waals surface area contributed by atoms with Gasteiger partial charge in [0.1, 0.15) is 5.75 Å². The molecule has 2 atom stereocenters. The second-order valence-electron chi connectivity index (χ2n) is 6.74. The van der Waals surface area contributed by atoms with Gasteiger partial charge in [-0.2, -0.15) is 5.10 Å². The van der Waals surface area contributed by atoms with Crippen molar-refractivity contribution in [3.63, 3.8) is 0 Å². The molecule has 0 radical (unpaired) electrons. The van der Waals surface area contributed by atoms with Crippen LogP contribution in [0.5, 0.6) is 5.75 Å². The van der Waals surface area contributed by atoms with Gasteiger partial charge in [-0.25, -0.2) is 0 Å². The number of amides is 2. The Morgan fingerprint density at radius 2 is 1.69 bits per heavy atom. The van der Waals surface area contributed by atoms with Gasteiger partial charge in [0.2, 0.25) is 0 Å². The first kappa shape index (κ1) is 20.1. The SMILES string of the molecule is Cc1cccc(OC(C)C(=O)NNC(=O)C(c2ccccc2)n2cccn2)c1C. The van der Waals surface area contributed by atoms with Crippen LogP contribution in [0, 0.1) is 13.8 Å². The standard InChI is InChI=1S/C22H24N4O3/c1-15-9-7-12-19(16(15)2)29-17(3)21(27)24-25-22(28)20(26-14-8-13-23-26)18-10-5-4-6-11-18/h4-14,17,20H,1-3H3,(H,24,27)(H,25,28). The van der Waals surface area contributed by atoms with E-state index in [1.165, 1.54) is 4.68 Å². The molecule has 2 amide bonds. The van der Waals surface area contributed by atoms with Crippen LogP contribution < -0.4 is 15.6 Å². The minimum absolute atomic E-state index is 0.410. The Labute approximate surface area is 169 Å². The number of hydrogen-bond acceptors (Lipinski definition) is 4. The van der Waals surface area contributed by atoms with Gasteiger partial charge in [0, 0.05) is 12.4 Å². The van der Waals surface area contributed by atoms with Gasteiger partial charge in [0.25, 0.3) is 11.8 Å². The number of carbonyl (C=O) groups excluding carboxylic acids is 2. The van der Waals surface area contributed by atoms with E-state index >= 15 is 0 Å². The molecule has 2 aromatic carbocycles. The van der Waals surface area contributed by atoms with Crippen LogP contribution in [-0.2, 0) is 9.59 Å². The lowest BCUT2D eigenvalue weighted by atomic mass is 10.1. The van der Waals surface area contributed by atoms with E-state index in [4.69, 9.17) is 4.74 Å². The lowest BCUT2D eigenvalue weighted by Gasteiger charge is -2.20. The fraction of sp³-hybridized carbons (Fsp3) is 0.227. The van der Waals surface area contributed by atoms with Gasteiger partial charge in [0.05, 0.1) is 0 Å². The summed E-state index contributed by atoms with van der Waals surface area (Å²) in [5, 5.41) is 4.17. The molecular formula is C22H24N4O3. The number of rotatable bonds is 6. The second-order valence-corrected chi connectivity index (χ2v) is 6.74. The monoisotopic (exact) mass is 392 g/mol. The Bertz CT molecular complexity index is 971. The number of hydrogen-bond donors (Lipinski definition) is 2. The average molecular weight is 392 g/mol. The van der Waals surface area contributed by atoms with Gasteiger partial charge in [-0.05, 0) is 49.6 Å². The molecule has 0 saturated carbocycles. The number of aryl methyl sites for hydroxylation is 1. The van der Waals surface area contributed by atoms with Gasteiger partial charge in [-0.15, -0.1) is 0 Å². The summed E-state index contributed by atoms with van der Waals surface area (Å²) in [5.74, 6) is -0.226. The zero-order valence-corrected chi connectivity index (χ0v) is 16.6. The summed E-state index contributed by atoms with van der Waals surface area (Å²) in [6.07, 6.45) is 2.52. The summed E-state index contributed by atoms with van der Waals surface area (Å²) in [7, 11) is 0. The largest absolute Gasteiger partial charge is 0.481 e. The summed E-state index contributed by atoms with van der Waals surface area (Å²) in [5.41, 5.74) is 7.73. The molecule has 7 nitrogen and oxygen atoms in total. The lowest BCUT2D eigenvalue weighted by molar-refractivity contribution is -0.133. The van der Waals surface area contributed by atoms with Gasteiger partial charge in [-0.1, -0.05) is 42.5 Å². The van der Waals surface area contributed by atoms with Gasteiger partial charge in [0.15, 0.2) is 12.1 Å². The summed E-state index contributed by atoms with van der Waals surface area (Å²) in [4.78, 5) is 25.2. The fourth-order valence-corrected chi connectivity index (χ4v) is 2.88. The average Bonchev–Trinajstić information content (AvgIpc) is 3.24. The van der Waals surface area contributed by atoms with Crippen LogP contribution in [0.25, 0.3) is 0 Å². The zero-order valence-electron chi connectivity index (χ0n) is 16.6. The van der Waals surface area contributed by atoms with E-state index in [0.717, 1.165) is 16.7 Å². The van der Waals surface area contributed by atoms with Crippen LogP contribution in [-0.4, -0.2) is 27.7 Å². The number of aromatic nitrogens is 2. The second kappa shape index (κ2) is 9.05. The van der Waals surface area contributed by atoms with Crippen LogP contribution in [0.4, 0.5) is 0 Å². The molecule has 2 unspecified atom stereocenters. The minimum atomic E-state index is -0.782. The third-order valence-electron chi connectivity index (χ3n) is 4.69. The van der Waals surface area contributed by atoms with Crippen LogP contribution in [0.2, 0.25) is 0 Å². The molecular weight excluding hydrogens is 368 g/mol. The quantitative estimate of drug-likeness (QED) is 0.632. The maximum absolute atomic E-state index is 12.8. The molecule has 0 aliphatic heterocycles. The van der Waals surface area contributed by atoms with Crippen LogP contribution in [0.1, 0.15) is 29.7 Å². The van der Waals surface area contributed by atoms with Crippen LogP contribution in [0.3, 0.4) is 0 Å². The van der Waals surface area contributed by atoms with E-state index < -0.39 is 24.0 Å². The highest BCUT2D eigenvalue weighted by Gasteiger charge is 2.24. The van der Waals surface area contributed by atoms with E-state index in [2.05, 4.69) is 16.0 Å².